The maximum Gasteiger partial charge on any atom is 0.409 e. The number of halogens is 1. The van der Waals surface area contributed by atoms with E-state index in [0.717, 1.165) is 23.5 Å². The Kier molecular flexibility index (Phi) is 4.35. The molecule has 0 aliphatic carbocycles. The van der Waals surface area contributed by atoms with Crippen molar-refractivity contribution < 1.29 is 9.53 Å². The maximum absolute atomic E-state index is 11.5. The molecule has 7 heteroatoms. The summed E-state index contributed by atoms with van der Waals surface area (Å²) in [5, 5.41) is 0. The predicted molar refractivity (Wildman–Crippen MR) is 70.5 cm³/mol. The second-order valence-electron chi connectivity index (χ2n) is 3.87. The van der Waals surface area contributed by atoms with Gasteiger partial charge in [0.05, 0.1) is 6.61 Å². The molecule has 1 aliphatic heterocycles. The van der Waals surface area contributed by atoms with Gasteiger partial charge in [0.15, 0.2) is 0 Å². The van der Waals surface area contributed by atoms with Crippen LogP contribution >= 0.6 is 15.9 Å². The summed E-state index contributed by atoms with van der Waals surface area (Å²) >= 11 is 3.32. The van der Waals surface area contributed by atoms with Gasteiger partial charge in [-0.05, 0) is 22.9 Å². The average molecular weight is 315 g/mol. The van der Waals surface area contributed by atoms with Crippen LogP contribution in [0.5, 0.6) is 0 Å². The molecular formula is C11H15BrN4O2. The summed E-state index contributed by atoms with van der Waals surface area (Å²) in [4.78, 5) is 23.6. The van der Waals surface area contributed by atoms with Gasteiger partial charge in [-0.15, -0.1) is 0 Å². The van der Waals surface area contributed by atoms with E-state index in [1.807, 2.05) is 13.0 Å². The summed E-state index contributed by atoms with van der Waals surface area (Å²) in [7, 11) is 0. The van der Waals surface area contributed by atoms with Crippen LogP contribution in [-0.4, -0.2) is 53.7 Å². The molecule has 0 saturated carbocycles. The van der Waals surface area contributed by atoms with E-state index in [1.165, 1.54) is 6.33 Å². The number of hydrogen-bond donors (Lipinski definition) is 0. The highest BCUT2D eigenvalue weighted by molar-refractivity contribution is 9.10. The van der Waals surface area contributed by atoms with Crippen molar-refractivity contribution in [2.24, 2.45) is 0 Å². The normalized spacial score (nSPS) is 15.7. The van der Waals surface area contributed by atoms with Gasteiger partial charge in [-0.3, -0.25) is 0 Å². The number of piperazine rings is 1. The molecule has 1 fully saturated rings. The Morgan fingerprint density at radius 3 is 2.72 bits per heavy atom. The zero-order valence-corrected chi connectivity index (χ0v) is 11.8. The van der Waals surface area contributed by atoms with Crippen molar-refractivity contribution in [2.45, 2.75) is 6.92 Å². The van der Waals surface area contributed by atoms with Gasteiger partial charge in [0.1, 0.15) is 16.7 Å². The minimum atomic E-state index is -0.235. The van der Waals surface area contributed by atoms with E-state index >= 15 is 0 Å². The van der Waals surface area contributed by atoms with Crippen LogP contribution < -0.4 is 4.90 Å². The molecule has 6 nitrogen and oxygen atoms in total. The van der Waals surface area contributed by atoms with Crippen LogP contribution in [0.25, 0.3) is 0 Å². The first kappa shape index (κ1) is 13.1. The van der Waals surface area contributed by atoms with E-state index in [4.69, 9.17) is 4.74 Å². The van der Waals surface area contributed by atoms with Crippen molar-refractivity contribution in [1.29, 1.82) is 0 Å². The molecule has 98 valence electrons. The van der Waals surface area contributed by atoms with Gasteiger partial charge < -0.3 is 14.5 Å². The SMILES string of the molecule is CCOC(=O)N1CCN(c2cc(Br)ncn2)CC1. The molecule has 1 saturated heterocycles. The molecule has 1 aliphatic rings. The summed E-state index contributed by atoms with van der Waals surface area (Å²) in [5.74, 6) is 0.875. The molecule has 0 atom stereocenters. The lowest BCUT2D eigenvalue weighted by Crippen LogP contribution is -2.49. The van der Waals surface area contributed by atoms with Crippen molar-refractivity contribution in [2.75, 3.05) is 37.7 Å². The van der Waals surface area contributed by atoms with Crippen molar-refractivity contribution in [3.8, 4) is 0 Å². The summed E-state index contributed by atoms with van der Waals surface area (Å²) < 4.78 is 5.74. The lowest BCUT2D eigenvalue weighted by molar-refractivity contribution is 0.105. The summed E-state index contributed by atoms with van der Waals surface area (Å²) in [6.45, 7) is 5.04. The quantitative estimate of drug-likeness (QED) is 0.775. The molecular weight excluding hydrogens is 300 g/mol. The van der Waals surface area contributed by atoms with E-state index in [2.05, 4.69) is 30.8 Å². The molecule has 0 bridgehead atoms. The monoisotopic (exact) mass is 314 g/mol. The van der Waals surface area contributed by atoms with E-state index < -0.39 is 0 Å². The molecule has 0 aromatic carbocycles. The average Bonchev–Trinajstić information content (AvgIpc) is 2.39. The summed E-state index contributed by atoms with van der Waals surface area (Å²) in [5.41, 5.74) is 0. The second kappa shape index (κ2) is 5.99. The van der Waals surface area contributed by atoms with Gasteiger partial charge in [0.2, 0.25) is 0 Å². The number of hydrogen-bond acceptors (Lipinski definition) is 5. The zero-order chi connectivity index (χ0) is 13.0. The first-order chi connectivity index (χ1) is 8.70. The Labute approximate surface area is 114 Å². The van der Waals surface area contributed by atoms with Crippen LogP contribution in [0.1, 0.15) is 6.92 Å². The molecule has 18 heavy (non-hydrogen) atoms. The summed E-state index contributed by atoms with van der Waals surface area (Å²) in [6.07, 6.45) is 1.29. The Morgan fingerprint density at radius 1 is 1.39 bits per heavy atom. The maximum atomic E-state index is 11.5. The van der Waals surface area contributed by atoms with Crippen LogP contribution in [-0.2, 0) is 4.74 Å². The molecule has 2 heterocycles. The number of amides is 1. The van der Waals surface area contributed by atoms with Gasteiger partial charge in [0.25, 0.3) is 0 Å². The van der Waals surface area contributed by atoms with Crippen molar-refractivity contribution >= 4 is 27.8 Å². The zero-order valence-electron chi connectivity index (χ0n) is 10.2. The number of nitrogens with zero attached hydrogens (tertiary/aromatic N) is 4. The van der Waals surface area contributed by atoms with Gasteiger partial charge in [-0.2, -0.15) is 0 Å². The first-order valence-corrected chi connectivity index (χ1v) is 6.64. The van der Waals surface area contributed by atoms with Gasteiger partial charge >= 0.3 is 6.09 Å². The van der Waals surface area contributed by atoms with Gasteiger partial charge in [-0.25, -0.2) is 14.8 Å². The third kappa shape index (κ3) is 3.10. The highest BCUT2D eigenvalue weighted by atomic mass is 79.9. The lowest BCUT2D eigenvalue weighted by atomic mass is 10.3. The Balaban J connectivity index is 1.92. The first-order valence-electron chi connectivity index (χ1n) is 5.85. The fourth-order valence-electron chi connectivity index (χ4n) is 1.83. The molecule has 0 N–H and O–H groups in total. The number of ether oxygens (including phenoxy) is 1. The van der Waals surface area contributed by atoms with Crippen LogP contribution in [0, 0.1) is 0 Å². The number of rotatable bonds is 2. The minimum Gasteiger partial charge on any atom is -0.450 e. The predicted octanol–water partition coefficient (Wildman–Crippen LogP) is 1.52. The molecule has 0 unspecified atom stereocenters. The Hall–Kier alpha value is -1.37. The minimum absolute atomic E-state index is 0.235. The number of anilines is 1. The fraction of sp³-hybridized carbons (Fsp3) is 0.545. The fourth-order valence-corrected chi connectivity index (χ4v) is 2.13. The van der Waals surface area contributed by atoms with Crippen LogP contribution in [0.4, 0.5) is 10.6 Å². The van der Waals surface area contributed by atoms with E-state index in [9.17, 15) is 4.79 Å². The second-order valence-corrected chi connectivity index (χ2v) is 4.68. The molecule has 2 rings (SSSR count). The highest BCUT2D eigenvalue weighted by Gasteiger charge is 2.22. The number of carbonyl (C=O) groups is 1. The largest absolute Gasteiger partial charge is 0.450 e. The molecule has 1 aromatic heterocycles. The molecule has 1 amide bonds. The highest BCUT2D eigenvalue weighted by Crippen LogP contribution is 2.16. The van der Waals surface area contributed by atoms with E-state index in [-0.39, 0.29) is 6.09 Å². The summed E-state index contributed by atoms with van der Waals surface area (Å²) in [6, 6.07) is 1.88. The molecule has 0 spiro atoms. The van der Waals surface area contributed by atoms with Crippen LogP contribution in [0.2, 0.25) is 0 Å². The van der Waals surface area contributed by atoms with E-state index in [0.29, 0.717) is 19.7 Å². The Bertz CT molecular complexity index is 421. The topological polar surface area (TPSA) is 58.6 Å². The van der Waals surface area contributed by atoms with E-state index in [1.54, 1.807) is 4.90 Å². The Morgan fingerprint density at radius 2 is 2.11 bits per heavy atom. The van der Waals surface area contributed by atoms with Gasteiger partial charge in [-0.1, -0.05) is 0 Å². The third-order valence-electron chi connectivity index (χ3n) is 2.75. The van der Waals surface area contributed by atoms with Crippen LogP contribution in [0.15, 0.2) is 17.0 Å². The van der Waals surface area contributed by atoms with Crippen molar-refractivity contribution in [1.82, 2.24) is 14.9 Å². The number of carbonyl (C=O) groups excluding carboxylic acids is 1. The molecule has 0 radical (unpaired) electrons. The van der Waals surface area contributed by atoms with Crippen molar-refractivity contribution in [3.63, 3.8) is 0 Å². The van der Waals surface area contributed by atoms with Gasteiger partial charge in [0, 0.05) is 32.2 Å². The number of aromatic nitrogens is 2. The molecule has 1 aromatic rings. The standard InChI is InChI=1S/C11H15BrN4O2/c1-2-18-11(17)16-5-3-15(4-6-16)10-7-9(12)13-8-14-10/h7-8H,2-6H2,1H3. The lowest BCUT2D eigenvalue weighted by Gasteiger charge is -2.34. The van der Waals surface area contributed by atoms with Crippen molar-refractivity contribution in [3.05, 3.63) is 17.0 Å². The third-order valence-corrected chi connectivity index (χ3v) is 3.18. The van der Waals surface area contributed by atoms with Crippen LogP contribution in [0.3, 0.4) is 0 Å². The smallest absolute Gasteiger partial charge is 0.409 e.